The van der Waals surface area contributed by atoms with E-state index in [0.717, 1.165) is 13.1 Å². The van der Waals surface area contributed by atoms with Crippen LogP contribution in [0.4, 0.5) is 0 Å². The number of nitrogens with one attached hydrogen (secondary N) is 2. The molecule has 0 unspecified atom stereocenters. The summed E-state index contributed by atoms with van der Waals surface area (Å²) in [6.07, 6.45) is 2.46. The van der Waals surface area contributed by atoms with E-state index in [1.54, 1.807) is 0 Å². The van der Waals surface area contributed by atoms with E-state index in [1.165, 1.54) is 23.8 Å². The summed E-state index contributed by atoms with van der Waals surface area (Å²) >= 11 is 4.02. The highest BCUT2D eigenvalue weighted by molar-refractivity contribution is 8.67. The van der Waals surface area contributed by atoms with Crippen LogP contribution >= 0.6 is 22.6 Å². The van der Waals surface area contributed by atoms with Crippen LogP contribution < -0.4 is 10.0 Å². The summed E-state index contributed by atoms with van der Waals surface area (Å²) in [5, 5.41) is 3.30. The predicted octanol–water partition coefficient (Wildman–Crippen LogP) is 0.821. The van der Waals surface area contributed by atoms with Gasteiger partial charge in [0, 0.05) is 6.04 Å². The van der Waals surface area contributed by atoms with Gasteiger partial charge in [-0.1, -0.05) is 11.7 Å². The Bertz CT molecular complexity index is 70.6. The molecule has 0 radical (unpaired) electrons. The van der Waals surface area contributed by atoms with E-state index in [9.17, 15) is 0 Å². The normalized spacial score (nSPS) is 22.3. The number of thiol groups is 1. The first-order valence-corrected chi connectivity index (χ1v) is 5.07. The van der Waals surface area contributed by atoms with Crippen LogP contribution in [0.15, 0.2) is 0 Å². The zero-order chi connectivity index (χ0) is 6.53. The highest BCUT2D eigenvalue weighted by atomic mass is 33.1. The van der Waals surface area contributed by atoms with Crippen molar-refractivity contribution in [1.82, 2.24) is 10.0 Å². The molecule has 0 aliphatic carbocycles. The summed E-state index contributed by atoms with van der Waals surface area (Å²) in [4.78, 5) is 0. The molecule has 1 heterocycles. The first-order valence-electron chi connectivity index (χ1n) is 3.20. The van der Waals surface area contributed by atoms with Crippen LogP contribution in [0.3, 0.4) is 0 Å². The highest BCUT2D eigenvalue weighted by Crippen LogP contribution is 2.08. The molecule has 0 aromatic heterocycles. The number of piperidine rings is 1. The maximum atomic E-state index is 4.02. The smallest absolute Gasteiger partial charge is 0.0203 e. The quantitative estimate of drug-likeness (QED) is 0.320. The SMILES string of the molecule is SSNC1CCNCC1. The minimum Gasteiger partial charge on any atom is -0.317 e. The van der Waals surface area contributed by atoms with E-state index in [4.69, 9.17) is 0 Å². The Balaban J connectivity index is 2.08. The second kappa shape index (κ2) is 4.44. The van der Waals surface area contributed by atoms with Gasteiger partial charge in [0.25, 0.3) is 0 Å². The van der Waals surface area contributed by atoms with Crippen LogP contribution in [-0.4, -0.2) is 19.1 Å². The Morgan fingerprint density at radius 2 is 2.11 bits per heavy atom. The van der Waals surface area contributed by atoms with Crippen molar-refractivity contribution in [1.29, 1.82) is 0 Å². The van der Waals surface area contributed by atoms with Gasteiger partial charge in [-0.05, 0) is 36.9 Å². The minimum atomic E-state index is 0.675. The molecule has 0 atom stereocenters. The first-order chi connectivity index (χ1) is 4.43. The van der Waals surface area contributed by atoms with E-state index < -0.39 is 0 Å². The molecule has 1 rings (SSSR count). The monoisotopic (exact) mass is 164 g/mol. The topological polar surface area (TPSA) is 24.1 Å². The lowest BCUT2D eigenvalue weighted by Crippen LogP contribution is -2.36. The van der Waals surface area contributed by atoms with Crippen LogP contribution in [-0.2, 0) is 0 Å². The number of hydrogen-bond donors (Lipinski definition) is 3. The zero-order valence-electron chi connectivity index (χ0n) is 5.26. The molecule has 1 aliphatic heterocycles. The summed E-state index contributed by atoms with van der Waals surface area (Å²) in [7, 11) is 1.42. The second-order valence-corrected chi connectivity index (χ2v) is 3.20. The van der Waals surface area contributed by atoms with E-state index in [1.807, 2.05) is 0 Å². The highest BCUT2D eigenvalue weighted by Gasteiger charge is 2.10. The van der Waals surface area contributed by atoms with Crippen LogP contribution in [0.1, 0.15) is 12.8 Å². The average molecular weight is 164 g/mol. The van der Waals surface area contributed by atoms with Gasteiger partial charge >= 0.3 is 0 Å². The lowest BCUT2D eigenvalue weighted by atomic mass is 10.1. The Labute approximate surface area is 65.1 Å². The van der Waals surface area contributed by atoms with Gasteiger partial charge in [-0.25, -0.2) is 0 Å². The molecule has 0 spiro atoms. The molecular weight excluding hydrogens is 152 g/mol. The van der Waals surface area contributed by atoms with Crippen LogP contribution in [0.2, 0.25) is 0 Å². The lowest BCUT2D eigenvalue weighted by Gasteiger charge is -2.21. The number of hydrogen-bond acceptors (Lipinski definition) is 4. The van der Waals surface area contributed by atoms with E-state index in [-0.39, 0.29) is 0 Å². The van der Waals surface area contributed by atoms with Gasteiger partial charge in [-0.3, -0.25) is 4.72 Å². The van der Waals surface area contributed by atoms with Crippen LogP contribution in [0.25, 0.3) is 0 Å². The van der Waals surface area contributed by atoms with Crippen molar-refractivity contribution in [3.05, 3.63) is 0 Å². The molecule has 0 saturated carbocycles. The fraction of sp³-hybridized carbons (Fsp3) is 1.00. The van der Waals surface area contributed by atoms with Crippen molar-refractivity contribution in [2.45, 2.75) is 18.9 Å². The van der Waals surface area contributed by atoms with Crippen molar-refractivity contribution in [2.24, 2.45) is 0 Å². The molecule has 4 heteroatoms. The van der Waals surface area contributed by atoms with Gasteiger partial charge in [-0.2, -0.15) is 0 Å². The van der Waals surface area contributed by atoms with Crippen LogP contribution in [0.5, 0.6) is 0 Å². The molecule has 2 nitrogen and oxygen atoms in total. The van der Waals surface area contributed by atoms with Gasteiger partial charge in [0.15, 0.2) is 0 Å². The molecule has 9 heavy (non-hydrogen) atoms. The molecule has 0 amide bonds. The van der Waals surface area contributed by atoms with Gasteiger partial charge in [0.05, 0.1) is 0 Å². The fourth-order valence-corrected chi connectivity index (χ4v) is 1.85. The van der Waals surface area contributed by atoms with Gasteiger partial charge < -0.3 is 5.32 Å². The Hall–Kier alpha value is 0.620. The molecule has 0 aromatic rings. The minimum absolute atomic E-state index is 0.675. The van der Waals surface area contributed by atoms with Crippen LogP contribution in [0, 0.1) is 0 Å². The summed E-state index contributed by atoms with van der Waals surface area (Å²) < 4.78 is 3.23. The van der Waals surface area contributed by atoms with E-state index in [0.29, 0.717) is 6.04 Å². The lowest BCUT2D eigenvalue weighted by molar-refractivity contribution is 0.440. The standard InChI is InChI=1S/C5H12N2S2/c8-9-7-5-1-3-6-4-2-5/h5-8H,1-4H2. The van der Waals surface area contributed by atoms with Crippen molar-refractivity contribution in [3.63, 3.8) is 0 Å². The van der Waals surface area contributed by atoms with Crippen molar-refractivity contribution in [2.75, 3.05) is 13.1 Å². The predicted molar refractivity (Wildman–Crippen MR) is 45.6 cm³/mol. The molecule has 1 fully saturated rings. The third kappa shape index (κ3) is 2.80. The summed E-state index contributed by atoms with van der Waals surface area (Å²) in [6, 6.07) is 0.675. The molecule has 54 valence electrons. The van der Waals surface area contributed by atoms with Crippen molar-refractivity contribution in [3.8, 4) is 0 Å². The maximum Gasteiger partial charge on any atom is 0.0203 e. The fourth-order valence-electron chi connectivity index (χ4n) is 1.01. The summed E-state index contributed by atoms with van der Waals surface area (Å²) in [5.41, 5.74) is 0. The zero-order valence-corrected chi connectivity index (χ0v) is 6.97. The average Bonchev–Trinajstić information content (AvgIpc) is 1.91. The first kappa shape index (κ1) is 7.72. The third-order valence-electron chi connectivity index (χ3n) is 1.56. The Kier molecular flexibility index (Phi) is 3.81. The largest absolute Gasteiger partial charge is 0.317 e. The van der Waals surface area contributed by atoms with E-state index >= 15 is 0 Å². The Morgan fingerprint density at radius 3 is 2.67 bits per heavy atom. The molecule has 2 N–H and O–H groups in total. The van der Waals surface area contributed by atoms with Gasteiger partial charge in [0.1, 0.15) is 0 Å². The van der Waals surface area contributed by atoms with Gasteiger partial charge in [0.2, 0.25) is 0 Å². The molecule has 0 aromatic carbocycles. The molecule has 1 saturated heterocycles. The summed E-state index contributed by atoms with van der Waals surface area (Å²) in [6.45, 7) is 2.29. The van der Waals surface area contributed by atoms with E-state index in [2.05, 4.69) is 21.7 Å². The second-order valence-electron chi connectivity index (χ2n) is 2.23. The molecular formula is C5H12N2S2. The number of rotatable bonds is 2. The summed E-state index contributed by atoms with van der Waals surface area (Å²) in [5.74, 6) is 0. The Morgan fingerprint density at radius 1 is 1.44 bits per heavy atom. The maximum absolute atomic E-state index is 4.02. The van der Waals surface area contributed by atoms with Gasteiger partial charge in [-0.15, -0.1) is 0 Å². The van der Waals surface area contributed by atoms with Crippen molar-refractivity contribution < 1.29 is 0 Å². The van der Waals surface area contributed by atoms with Crippen molar-refractivity contribution >= 4 is 22.6 Å². The third-order valence-corrected chi connectivity index (χ3v) is 2.31. The molecule has 1 aliphatic rings. The molecule has 0 bridgehead atoms.